The van der Waals surface area contributed by atoms with E-state index in [0.717, 1.165) is 0 Å². The Labute approximate surface area is 174 Å². The number of hydrogen-bond donors (Lipinski definition) is 2. The summed E-state index contributed by atoms with van der Waals surface area (Å²) < 4.78 is 24.7. The van der Waals surface area contributed by atoms with Crippen molar-refractivity contribution in [3.05, 3.63) is 59.8 Å². The maximum Gasteiger partial charge on any atom is 0.223 e. The lowest BCUT2D eigenvalue weighted by Crippen LogP contribution is -2.42. The van der Waals surface area contributed by atoms with Gasteiger partial charge in [-0.05, 0) is 18.9 Å². The minimum absolute atomic E-state index is 0.0629. The van der Waals surface area contributed by atoms with Gasteiger partial charge in [-0.3, -0.25) is 4.79 Å². The SMILES string of the molecule is CS(=O)(=O)N1CCC(Nc2ncc3cc(C(=O)c4ccccc4)c(O)cc3n2)CC1. The van der Waals surface area contributed by atoms with Crippen molar-refractivity contribution in [1.29, 1.82) is 0 Å². The molecule has 0 radical (unpaired) electrons. The van der Waals surface area contributed by atoms with Crippen molar-refractivity contribution in [2.45, 2.75) is 18.9 Å². The fourth-order valence-corrected chi connectivity index (χ4v) is 4.45. The van der Waals surface area contributed by atoms with Crippen molar-refractivity contribution in [3.63, 3.8) is 0 Å². The Morgan fingerprint density at radius 3 is 2.53 bits per heavy atom. The summed E-state index contributed by atoms with van der Waals surface area (Å²) in [5.74, 6) is -0.000794. The van der Waals surface area contributed by atoms with Gasteiger partial charge in [0.05, 0.1) is 17.3 Å². The Morgan fingerprint density at radius 1 is 1.17 bits per heavy atom. The number of anilines is 1. The highest BCUT2D eigenvalue weighted by molar-refractivity contribution is 7.88. The second-order valence-electron chi connectivity index (χ2n) is 7.40. The van der Waals surface area contributed by atoms with Gasteiger partial charge >= 0.3 is 0 Å². The molecule has 2 heterocycles. The minimum Gasteiger partial charge on any atom is -0.507 e. The number of ketones is 1. The molecular formula is C21H22N4O4S. The quantitative estimate of drug-likeness (QED) is 0.603. The number of phenolic OH excluding ortho intramolecular Hbond substituents is 1. The first kappa shape index (κ1) is 20.2. The van der Waals surface area contributed by atoms with E-state index in [9.17, 15) is 18.3 Å². The van der Waals surface area contributed by atoms with E-state index < -0.39 is 10.0 Å². The molecule has 3 aromatic rings. The van der Waals surface area contributed by atoms with Gasteiger partial charge in [-0.25, -0.2) is 22.7 Å². The Bertz CT molecular complexity index is 1190. The van der Waals surface area contributed by atoms with Crippen molar-refractivity contribution >= 4 is 32.7 Å². The molecule has 156 valence electrons. The van der Waals surface area contributed by atoms with Gasteiger partial charge < -0.3 is 10.4 Å². The molecule has 8 nitrogen and oxygen atoms in total. The van der Waals surface area contributed by atoms with E-state index >= 15 is 0 Å². The van der Waals surface area contributed by atoms with Gasteiger partial charge in [-0.15, -0.1) is 0 Å². The molecule has 1 saturated heterocycles. The molecule has 1 aromatic heterocycles. The molecule has 1 aliphatic heterocycles. The van der Waals surface area contributed by atoms with Gasteiger partial charge in [-0.2, -0.15) is 0 Å². The summed E-state index contributed by atoms with van der Waals surface area (Å²) in [6.45, 7) is 0.908. The van der Waals surface area contributed by atoms with E-state index in [0.29, 0.717) is 48.3 Å². The van der Waals surface area contributed by atoms with Crippen LogP contribution in [-0.4, -0.2) is 59.0 Å². The molecule has 0 saturated carbocycles. The molecule has 30 heavy (non-hydrogen) atoms. The van der Waals surface area contributed by atoms with Crippen molar-refractivity contribution in [2.75, 3.05) is 24.7 Å². The average Bonchev–Trinajstić information content (AvgIpc) is 2.73. The third-order valence-electron chi connectivity index (χ3n) is 5.23. The van der Waals surface area contributed by atoms with Gasteiger partial charge in [-0.1, -0.05) is 30.3 Å². The average molecular weight is 426 g/mol. The zero-order valence-electron chi connectivity index (χ0n) is 16.4. The third kappa shape index (κ3) is 4.27. The number of benzene rings is 2. The van der Waals surface area contributed by atoms with Gasteiger partial charge in [0.2, 0.25) is 16.0 Å². The highest BCUT2D eigenvalue weighted by atomic mass is 32.2. The first-order chi connectivity index (χ1) is 14.3. The number of hydrogen-bond acceptors (Lipinski definition) is 7. The molecule has 2 aromatic carbocycles. The topological polar surface area (TPSA) is 112 Å². The van der Waals surface area contributed by atoms with Crippen LogP contribution >= 0.6 is 0 Å². The number of phenols is 1. The standard InChI is InChI=1S/C21H22N4O4S/c1-30(28,29)25-9-7-16(8-10-25)23-21-22-13-15-11-17(19(26)12-18(15)24-21)20(27)14-5-3-2-4-6-14/h2-6,11-13,16,26H,7-10H2,1H3,(H,22,23,24). The number of nitrogens with zero attached hydrogens (tertiary/aromatic N) is 3. The largest absolute Gasteiger partial charge is 0.507 e. The smallest absolute Gasteiger partial charge is 0.223 e. The number of carbonyl (C=O) groups is 1. The summed E-state index contributed by atoms with van der Waals surface area (Å²) in [4.78, 5) is 21.4. The predicted molar refractivity (Wildman–Crippen MR) is 114 cm³/mol. The van der Waals surface area contributed by atoms with E-state index in [-0.39, 0.29) is 23.1 Å². The summed E-state index contributed by atoms with van der Waals surface area (Å²) in [6, 6.07) is 11.9. The van der Waals surface area contributed by atoms with Crippen LogP contribution in [0.15, 0.2) is 48.7 Å². The second-order valence-corrected chi connectivity index (χ2v) is 9.38. The summed E-state index contributed by atoms with van der Waals surface area (Å²) >= 11 is 0. The maximum atomic E-state index is 12.7. The molecule has 1 aliphatic rings. The highest BCUT2D eigenvalue weighted by Gasteiger charge is 2.25. The molecule has 0 atom stereocenters. The van der Waals surface area contributed by atoms with Crippen LogP contribution < -0.4 is 5.32 Å². The fraction of sp³-hybridized carbons (Fsp3) is 0.286. The predicted octanol–water partition coefficient (Wildman–Crippen LogP) is 2.40. The van der Waals surface area contributed by atoms with E-state index in [4.69, 9.17) is 0 Å². The molecule has 4 rings (SSSR count). The van der Waals surface area contributed by atoms with Crippen LogP contribution in [0, 0.1) is 0 Å². The first-order valence-electron chi connectivity index (χ1n) is 9.62. The molecule has 0 unspecified atom stereocenters. The number of aromatic nitrogens is 2. The number of rotatable bonds is 5. The monoisotopic (exact) mass is 426 g/mol. The van der Waals surface area contributed by atoms with Crippen LogP contribution in [0.1, 0.15) is 28.8 Å². The van der Waals surface area contributed by atoms with Crippen molar-refractivity contribution in [3.8, 4) is 5.75 Å². The number of sulfonamides is 1. The molecule has 0 aliphatic carbocycles. The maximum absolute atomic E-state index is 12.7. The third-order valence-corrected chi connectivity index (χ3v) is 6.54. The molecule has 0 bridgehead atoms. The normalized spacial score (nSPS) is 15.9. The van der Waals surface area contributed by atoms with E-state index in [2.05, 4.69) is 15.3 Å². The molecule has 9 heteroatoms. The zero-order valence-corrected chi connectivity index (χ0v) is 17.3. The Kier molecular flexibility index (Phi) is 5.40. The fourth-order valence-electron chi connectivity index (χ4n) is 3.58. The Balaban J connectivity index is 1.52. The first-order valence-corrected chi connectivity index (χ1v) is 11.5. The van der Waals surface area contributed by atoms with Crippen LogP contribution in [0.4, 0.5) is 5.95 Å². The summed E-state index contributed by atoms with van der Waals surface area (Å²) in [7, 11) is -3.17. The van der Waals surface area contributed by atoms with Crippen LogP contribution in [0.3, 0.4) is 0 Å². The molecular weight excluding hydrogens is 404 g/mol. The van der Waals surface area contributed by atoms with Crippen LogP contribution in [0.2, 0.25) is 0 Å². The number of carbonyl (C=O) groups excluding carboxylic acids is 1. The lowest BCUT2D eigenvalue weighted by molar-refractivity contribution is 0.103. The van der Waals surface area contributed by atoms with Gasteiger partial charge in [0.1, 0.15) is 5.75 Å². The minimum atomic E-state index is -3.17. The summed E-state index contributed by atoms with van der Waals surface area (Å²) in [5.41, 5.74) is 1.21. The summed E-state index contributed by atoms with van der Waals surface area (Å²) in [5, 5.41) is 14.3. The van der Waals surface area contributed by atoms with E-state index in [1.54, 1.807) is 36.5 Å². The number of aromatic hydroxyl groups is 1. The van der Waals surface area contributed by atoms with Crippen molar-refractivity contribution in [1.82, 2.24) is 14.3 Å². The lowest BCUT2D eigenvalue weighted by Gasteiger charge is -2.30. The van der Waals surface area contributed by atoms with E-state index in [1.807, 2.05) is 6.07 Å². The molecule has 1 fully saturated rings. The Morgan fingerprint density at radius 2 is 1.87 bits per heavy atom. The van der Waals surface area contributed by atoms with Gasteiger partial charge in [0, 0.05) is 42.3 Å². The van der Waals surface area contributed by atoms with Crippen molar-refractivity contribution in [2.24, 2.45) is 0 Å². The summed E-state index contributed by atoms with van der Waals surface area (Å²) in [6.07, 6.45) is 4.14. The van der Waals surface area contributed by atoms with Crippen LogP contribution in [0.5, 0.6) is 5.75 Å². The number of nitrogens with one attached hydrogen (secondary N) is 1. The lowest BCUT2D eigenvalue weighted by atomic mass is 10.0. The second kappa shape index (κ2) is 8.00. The molecule has 2 N–H and O–H groups in total. The Hall–Kier alpha value is -3.04. The van der Waals surface area contributed by atoms with Crippen LogP contribution in [-0.2, 0) is 10.0 Å². The highest BCUT2D eigenvalue weighted by Crippen LogP contribution is 2.27. The van der Waals surface area contributed by atoms with E-state index in [1.165, 1.54) is 16.6 Å². The molecule has 0 spiro atoms. The molecule has 0 amide bonds. The number of fused-ring (bicyclic) bond motifs is 1. The van der Waals surface area contributed by atoms with Crippen molar-refractivity contribution < 1.29 is 18.3 Å². The van der Waals surface area contributed by atoms with Crippen LogP contribution in [0.25, 0.3) is 10.9 Å². The zero-order chi connectivity index (χ0) is 21.3. The van der Waals surface area contributed by atoms with Gasteiger partial charge in [0.15, 0.2) is 5.78 Å². The number of piperidine rings is 1. The van der Waals surface area contributed by atoms with Gasteiger partial charge in [0.25, 0.3) is 0 Å².